The van der Waals surface area contributed by atoms with Crippen LogP contribution in [0.5, 0.6) is 5.75 Å². The zero-order valence-electron chi connectivity index (χ0n) is 16.7. The first-order valence-corrected chi connectivity index (χ1v) is 10.1. The Labute approximate surface area is 168 Å². The first-order valence-electron chi connectivity index (χ1n) is 10.1. The molecular weight excluding hydrogens is 352 g/mol. The lowest BCUT2D eigenvalue weighted by molar-refractivity contribution is 0.0742. The number of hydrogen-bond acceptors (Lipinski definition) is 5. The molecule has 0 amide bonds. The van der Waals surface area contributed by atoms with Gasteiger partial charge in [0.1, 0.15) is 18.5 Å². The van der Waals surface area contributed by atoms with Crippen LogP contribution in [0.4, 0.5) is 0 Å². The van der Waals surface area contributed by atoms with E-state index in [9.17, 15) is 10.2 Å². The topological polar surface area (TPSA) is 56.2 Å². The third kappa shape index (κ3) is 6.91. The fraction of sp³-hybridized carbons (Fsp3) is 0.478. The molecule has 1 fully saturated rings. The number of benzene rings is 2. The van der Waals surface area contributed by atoms with Crippen molar-refractivity contribution in [2.45, 2.75) is 38.1 Å². The highest BCUT2D eigenvalue weighted by atomic mass is 16.5. The first kappa shape index (κ1) is 20.8. The molecule has 2 aromatic carbocycles. The van der Waals surface area contributed by atoms with Crippen molar-refractivity contribution in [2.24, 2.45) is 0 Å². The van der Waals surface area contributed by atoms with Gasteiger partial charge in [-0.05, 0) is 43.1 Å². The number of likely N-dealkylation sites (N-methyl/N-ethyl adjacent to an activating group) is 1. The van der Waals surface area contributed by atoms with Crippen LogP contribution in [0.3, 0.4) is 0 Å². The standard InChI is InChI=1S/C23H32N2O3/c1-24(15-19-5-3-2-4-6-19)17-22(27)18-28-23-9-7-20(8-10-23)16-25-13-11-21(26)12-14-25/h2-10,21-22,26-27H,11-18H2,1H3/t22-/m1/s1. The van der Waals surface area contributed by atoms with Crippen molar-refractivity contribution in [2.75, 3.05) is 33.3 Å². The normalized spacial score (nSPS) is 17.0. The second-order valence-corrected chi connectivity index (χ2v) is 7.80. The summed E-state index contributed by atoms with van der Waals surface area (Å²) in [4.78, 5) is 4.47. The summed E-state index contributed by atoms with van der Waals surface area (Å²) in [5, 5.41) is 19.9. The lowest BCUT2D eigenvalue weighted by Gasteiger charge is -2.29. The molecule has 5 heteroatoms. The summed E-state index contributed by atoms with van der Waals surface area (Å²) in [6, 6.07) is 18.3. The van der Waals surface area contributed by atoms with E-state index < -0.39 is 6.10 Å². The second kappa shape index (κ2) is 10.6. The predicted molar refractivity (Wildman–Crippen MR) is 111 cm³/mol. The van der Waals surface area contributed by atoms with Gasteiger partial charge in [-0.25, -0.2) is 0 Å². The number of rotatable bonds is 9. The molecule has 1 aliphatic heterocycles. The van der Waals surface area contributed by atoms with E-state index >= 15 is 0 Å². The molecule has 1 atom stereocenters. The molecule has 1 aliphatic rings. The van der Waals surface area contributed by atoms with Crippen LogP contribution in [0.15, 0.2) is 54.6 Å². The summed E-state index contributed by atoms with van der Waals surface area (Å²) in [5.74, 6) is 0.780. The molecule has 0 bridgehead atoms. The number of aliphatic hydroxyl groups excluding tert-OH is 2. The molecule has 0 saturated carbocycles. The van der Waals surface area contributed by atoms with Gasteiger partial charge < -0.3 is 14.9 Å². The lowest BCUT2D eigenvalue weighted by Crippen LogP contribution is -2.35. The molecule has 1 saturated heterocycles. The minimum atomic E-state index is -0.534. The molecule has 0 unspecified atom stereocenters. The van der Waals surface area contributed by atoms with Crippen LogP contribution >= 0.6 is 0 Å². The quantitative estimate of drug-likeness (QED) is 0.696. The minimum absolute atomic E-state index is 0.134. The van der Waals surface area contributed by atoms with Crippen molar-refractivity contribution in [3.05, 3.63) is 65.7 Å². The minimum Gasteiger partial charge on any atom is -0.491 e. The maximum Gasteiger partial charge on any atom is 0.119 e. The summed E-state index contributed by atoms with van der Waals surface area (Å²) >= 11 is 0. The maximum absolute atomic E-state index is 10.3. The summed E-state index contributed by atoms with van der Waals surface area (Å²) in [7, 11) is 2.00. The van der Waals surface area contributed by atoms with Gasteiger partial charge in [-0.3, -0.25) is 9.80 Å². The van der Waals surface area contributed by atoms with Crippen LogP contribution in [-0.2, 0) is 13.1 Å². The molecule has 3 rings (SSSR count). The van der Waals surface area contributed by atoms with Crippen molar-refractivity contribution in [3.63, 3.8) is 0 Å². The highest BCUT2D eigenvalue weighted by Crippen LogP contribution is 2.17. The summed E-state index contributed by atoms with van der Waals surface area (Å²) < 4.78 is 5.75. The van der Waals surface area contributed by atoms with Gasteiger partial charge in [0.05, 0.1) is 6.10 Å². The van der Waals surface area contributed by atoms with Gasteiger partial charge >= 0.3 is 0 Å². The average Bonchev–Trinajstić information content (AvgIpc) is 2.70. The molecule has 28 heavy (non-hydrogen) atoms. The van der Waals surface area contributed by atoms with E-state index in [0.717, 1.165) is 44.8 Å². The summed E-state index contributed by atoms with van der Waals surface area (Å²) in [6.45, 7) is 4.44. The van der Waals surface area contributed by atoms with E-state index in [1.54, 1.807) is 0 Å². The average molecular weight is 385 g/mol. The zero-order valence-corrected chi connectivity index (χ0v) is 16.7. The van der Waals surface area contributed by atoms with Crippen molar-refractivity contribution in [1.29, 1.82) is 0 Å². The zero-order chi connectivity index (χ0) is 19.8. The van der Waals surface area contributed by atoms with E-state index in [4.69, 9.17) is 4.74 Å². The number of aliphatic hydroxyl groups is 2. The Bertz CT molecular complexity index is 685. The summed E-state index contributed by atoms with van der Waals surface area (Å²) in [5.41, 5.74) is 2.48. The molecule has 0 aliphatic carbocycles. The predicted octanol–water partition coefficient (Wildman–Crippen LogP) is 2.52. The number of hydrogen-bond donors (Lipinski definition) is 2. The van der Waals surface area contributed by atoms with Gasteiger partial charge in [0.15, 0.2) is 0 Å². The van der Waals surface area contributed by atoms with E-state index in [0.29, 0.717) is 6.54 Å². The molecule has 2 aromatic rings. The number of likely N-dealkylation sites (tertiary alicyclic amines) is 1. The third-order valence-electron chi connectivity index (χ3n) is 5.15. The van der Waals surface area contributed by atoms with Gasteiger partial charge in [-0.2, -0.15) is 0 Å². The molecule has 0 radical (unpaired) electrons. The van der Waals surface area contributed by atoms with Gasteiger partial charge in [0, 0.05) is 32.7 Å². The van der Waals surface area contributed by atoms with Crippen LogP contribution in [0.2, 0.25) is 0 Å². The molecule has 5 nitrogen and oxygen atoms in total. The number of ether oxygens (including phenoxy) is 1. The Kier molecular flexibility index (Phi) is 7.86. The number of nitrogens with zero attached hydrogens (tertiary/aromatic N) is 2. The Balaban J connectivity index is 1.38. The van der Waals surface area contributed by atoms with Crippen LogP contribution in [0.25, 0.3) is 0 Å². The second-order valence-electron chi connectivity index (χ2n) is 7.80. The molecule has 2 N–H and O–H groups in total. The third-order valence-corrected chi connectivity index (χ3v) is 5.15. The van der Waals surface area contributed by atoms with Crippen LogP contribution in [0.1, 0.15) is 24.0 Å². The largest absolute Gasteiger partial charge is 0.491 e. The van der Waals surface area contributed by atoms with Crippen LogP contribution in [0, 0.1) is 0 Å². The number of piperidine rings is 1. The SMILES string of the molecule is CN(Cc1ccccc1)C[C@@H](O)COc1ccc(CN2CCC(O)CC2)cc1. The van der Waals surface area contributed by atoms with Crippen LogP contribution in [-0.4, -0.2) is 65.5 Å². The fourth-order valence-electron chi connectivity index (χ4n) is 3.59. The monoisotopic (exact) mass is 384 g/mol. The van der Waals surface area contributed by atoms with Crippen molar-refractivity contribution in [3.8, 4) is 5.75 Å². The Hall–Kier alpha value is -1.92. The molecule has 152 valence electrons. The van der Waals surface area contributed by atoms with Crippen molar-refractivity contribution < 1.29 is 14.9 Å². The van der Waals surface area contributed by atoms with Crippen LogP contribution < -0.4 is 4.74 Å². The molecule has 1 heterocycles. The maximum atomic E-state index is 10.3. The summed E-state index contributed by atoms with van der Waals surface area (Å²) in [6.07, 6.45) is 1.05. The highest BCUT2D eigenvalue weighted by Gasteiger charge is 2.17. The van der Waals surface area contributed by atoms with Crippen molar-refractivity contribution >= 4 is 0 Å². The molecular formula is C23H32N2O3. The van der Waals surface area contributed by atoms with E-state index in [2.05, 4.69) is 34.1 Å². The van der Waals surface area contributed by atoms with Gasteiger partial charge in [0.2, 0.25) is 0 Å². The van der Waals surface area contributed by atoms with Gasteiger partial charge in [-0.15, -0.1) is 0 Å². The smallest absolute Gasteiger partial charge is 0.119 e. The Morgan fingerprint density at radius 2 is 1.71 bits per heavy atom. The van der Waals surface area contributed by atoms with Gasteiger partial charge in [0.25, 0.3) is 0 Å². The van der Waals surface area contributed by atoms with E-state index in [1.165, 1.54) is 11.1 Å². The first-order chi connectivity index (χ1) is 13.6. The molecule has 0 aromatic heterocycles. The Morgan fingerprint density at radius 1 is 1.04 bits per heavy atom. The lowest BCUT2D eigenvalue weighted by atomic mass is 10.1. The van der Waals surface area contributed by atoms with Gasteiger partial charge in [-0.1, -0.05) is 42.5 Å². The van der Waals surface area contributed by atoms with Crippen molar-refractivity contribution in [1.82, 2.24) is 9.80 Å². The highest BCUT2D eigenvalue weighted by molar-refractivity contribution is 5.27. The van der Waals surface area contributed by atoms with E-state index in [1.807, 2.05) is 37.4 Å². The van der Waals surface area contributed by atoms with E-state index in [-0.39, 0.29) is 12.7 Å². The Morgan fingerprint density at radius 3 is 2.39 bits per heavy atom. The molecule has 0 spiro atoms. The fourth-order valence-corrected chi connectivity index (χ4v) is 3.59.